The Morgan fingerprint density at radius 1 is 0.912 bits per heavy atom. The number of amides is 1. The van der Waals surface area contributed by atoms with Gasteiger partial charge in [-0.05, 0) is 73.0 Å². The van der Waals surface area contributed by atoms with Gasteiger partial charge in [0.05, 0.1) is 21.6 Å². The van der Waals surface area contributed by atoms with E-state index in [0.717, 1.165) is 10.4 Å². The zero-order valence-electron chi connectivity index (χ0n) is 19.1. The summed E-state index contributed by atoms with van der Waals surface area (Å²) in [5.41, 5.74) is 2.69. The molecule has 4 aromatic rings. The third kappa shape index (κ3) is 4.22. The Morgan fingerprint density at radius 2 is 1.53 bits per heavy atom. The zero-order valence-corrected chi connectivity index (χ0v) is 20.8. The van der Waals surface area contributed by atoms with Crippen molar-refractivity contribution in [1.82, 2.24) is 9.13 Å². The van der Waals surface area contributed by atoms with Gasteiger partial charge < -0.3 is 5.32 Å². The quantitative estimate of drug-likeness (QED) is 0.411. The molecular weight excluding hydrogens is 472 g/mol. The molecule has 0 fully saturated rings. The molecule has 0 atom stereocenters. The van der Waals surface area contributed by atoms with Crippen LogP contribution in [0.5, 0.6) is 0 Å². The van der Waals surface area contributed by atoms with Crippen LogP contribution in [0.2, 0.25) is 0 Å². The number of carbonyl (C=O) groups is 1. The minimum atomic E-state index is -3.73. The van der Waals surface area contributed by atoms with Crippen LogP contribution >= 0.6 is 11.8 Å². The van der Waals surface area contributed by atoms with Gasteiger partial charge in [-0.25, -0.2) is 13.2 Å². The normalized spacial score (nSPS) is 11.5. The fraction of sp³-hybridized carbons (Fsp3) is 0.167. The second-order valence-corrected chi connectivity index (χ2v) is 10.6. The molecule has 10 heteroatoms. The van der Waals surface area contributed by atoms with E-state index in [2.05, 4.69) is 5.32 Å². The summed E-state index contributed by atoms with van der Waals surface area (Å²) < 4.78 is 30.2. The first-order valence-electron chi connectivity index (χ1n) is 10.3. The molecule has 3 aromatic carbocycles. The van der Waals surface area contributed by atoms with E-state index in [9.17, 15) is 18.0 Å². The number of anilines is 2. The number of imidazole rings is 1. The molecule has 1 amide bonds. The molecule has 1 N–H and O–H groups in total. The van der Waals surface area contributed by atoms with Crippen LogP contribution in [0.3, 0.4) is 0 Å². The van der Waals surface area contributed by atoms with Crippen LogP contribution in [0, 0.1) is 0 Å². The van der Waals surface area contributed by atoms with Gasteiger partial charge in [0.15, 0.2) is 0 Å². The van der Waals surface area contributed by atoms with Gasteiger partial charge in [-0.2, -0.15) is 0 Å². The van der Waals surface area contributed by atoms with Crippen molar-refractivity contribution < 1.29 is 13.2 Å². The van der Waals surface area contributed by atoms with Crippen molar-refractivity contribution in [3.63, 3.8) is 0 Å². The first-order valence-corrected chi connectivity index (χ1v) is 13.0. The number of nitrogens with zero attached hydrogens (tertiary/aromatic N) is 3. The highest BCUT2D eigenvalue weighted by molar-refractivity contribution is 7.98. The van der Waals surface area contributed by atoms with Crippen LogP contribution < -0.4 is 15.3 Å². The van der Waals surface area contributed by atoms with Crippen molar-refractivity contribution >= 4 is 50.1 Å². The lowest BCUT2D eigenvalue weighted by atomic mass is 10.2. The average molecular weight is 497 g/mol. The lowest BCUT2D eigenvalue weighted by Crippen LogP contribution is -2.26. The number of benzene rings is 3. The van der Waals surface area contributed by atoms with Crippen LogP contribution in [0.15, 0.2) is 81.3 Å². The highest BCUT2D eigenvalue weighted by Crippen LogP contribution is 2.25. The predicted molar refractivity (Wildman–Crippen MR) is 136 cm³/mol. The van der Waals surface area contributed by atoms with Gasteiger partial charge in [0.2, 0.25) is 0 Å². The third-order valence-corrected chi connectivity index (χ3v) is 8.28. The number of rotatable bonds is 6. The number of carbonyl (C=O) groups excluding carboxylic acids is 1. The molecule has 0 aliphatic heterocycles. The summed E-state index contributed by atoms with van der Waals surface area (Å²) in [5.74, 6) is -0.343. The molecule has 1 aromatic heterocycles. The minimum absolute atomic E-state index is 0.145. The first-order chi connectivity index (χ1) is 16.1. The Bertz CT molecular complexity index is 1540. The van der Waals surface area contributed by atoms with Gasteiger partial charge in [-0.3, -0.25) is 18.2 Å². The van der Waals surface area contributed by atoms with Crippen LogP contribution in [0.4, 0.5) is 11.4 Å². The SMILES string of the molecule is CSc1ccc(S(=O)(=O)N(C)c2ccc(C(=O)Nc3ccc4c(c3)n(C)c(=O)n4C)cc2)cc1. The lowest BCUT2D eigenvalue weighted by molar-refractivity contribution is 0.102. The molecular formula is C24H24N4O4S2. The Labute approximate surface area is 201 Å². The summed E-state index contributed by atoms with van der Waals surface area (Å²) in [4.78, 5) is 26.0. The lowest BCUT2D eigenvalue weighted by Gasteiger charge is -2.20. The molecule has 0 aliphatic rings. The van der Waals surface area contributed by atoms with E-state index in [1.54, 1.807) is 85.4 Å². The van der Waals surface area contributed by atoms with Crippen molar-refractivity contribution in [1.29, 1.82) is 0 Å². The smallest absolute Gasteiger partial charge is 0.322 e. The van der Waals surface area contributed by atoms with Gasteiger partial charge in [-0.1, -0.05) is 0 Å². The maximum Gasteiger partial charge on any atom is 0.328 e. The van der Waals surface area contributed by atoms with Gasteiger partial charge in [-0.15, -0.1) is 11.8 Å². The molecule has 0 spiro atoms. The number of aryl methyl sites for hydroxylation is 2. The molecule has 1 heterocycles. The molecule has 34 heavy (non-hydrogen) atoms. The Morgan fingerprint density at radius 3 is 2.15 bits per heavy atom. The van der Waals surface area contributed by atoms with E-state index in [1.807, 2.05) is 6.26 Å². The standard InChI is InChI=1S/C24H24N4O4S2/c1-26-21-14-7-17(15-22(21)27(2)24(26)30)25-23(29)16-5-8-18(9-6-16)28(3)34(31,32)20-12-10-19(33-4)11-13-20/h5-15H,1-4H3,(H,25,29). The van der Waals surface area contributed by atoms with Gasteiger partial charge in [0, 0.05) is 37.3 Å². The number of fused-ring (bicyclic) bond motifs is 1. The van der Waals surface area contributed by atoms with Gasteiger partial charge in [0.1, 0.15) is 0 Å². The number of thioether (sulfide) groups is 1. The number of nitrogens with one attached hydrogen (secondary N) is 1. The summed E-state index contributed by atoms with van der Waals surface area (Å²) in [6.07, 6.45) is 1.93. The van der Waals surface area contributed by atoms with E-state index in [4.69, 9.17) is 0 Å². The fourth-order valence-electron chi connectivity index (χ4n) is 3.66. The number of hydrogen-bond donors (Lipinski definition) is 1. The van der Waals surface area contributed by atoms with Gasteiger partial charge in [0.25, 0.3) is 15.9 Å². The molecule has 0 aliphatic carbocycles. The Balaban J connectivity index is 1.52. The largest absolute Gasteiger partial charge is 0.328 e. The molecule has 8 nitrogen and oxygen atoms in total. The highest BCUT2D eigenvalue weighted by Gasteiger charge is 2.21. The van der Waals surface area contributed by atoms with Crippen molar-refractivity contribution in [3.05, 3.63) is 82.8 Å². The molecule has 176 valence electrons. The summed E-state index contributed by atoms with van der Waals surface area (Å²) in [6, 6.07) is 18.3. The molecule has 4 rings (SSSR count). The summed E-state index contributed by atoms with van der Waals surface area (Å²) in [7, 11) is 1.12. The molecule has 0 bridgehead atoms. The maximum absolute atomic E-state index is 13.0. The van der Waals surface area contributed by atoms with Crippen molar-refractivity contribution in [2.24, 2.45) is 14.1 Å². The number of aromatic nitrogens is 2. The van der Waals surface area contributed by atoms with E-state index in [0.29, 0.717) is 22.5 Å². The van der Waals surface area contributed by atoms with Crippen LogP contribution in [0.1, 0.15) is 10.4 Å². The van der Waals surface area contributed by atoms with Crippen LogP contribution in [-0.2, 0) is 24.1 Å². The Hall–Kier alpha value is -3.50. The average Bonchev–Trinajstić information content (AvgIpc) is 3.07. The zero-order chi connectivity index (χ0) is 24.6. The topological polar surface area (TPSA) is 93.4 Å². The van der Waals surface area contributed by atoms with E-state index in [-0.39, 0.29) is 16.5 Å². The van der Waals surface area contributed by atoms with Crippen LogP contribution in [-0.4, -0.2) is 36.8 Å². The highest BCUT2D eigenvalue weighted by atomic mass is 32.2. The molecule has 0 saturated carbocycles. The fourth-order valence-corrected chi connectivity index (χ4v) is 5.26. The second kappa shape index (κ2) is 9.03. The van der Waals surface area contributed by atoms with Crippen LogP contribution in [0.25, 0.3) is 11.0 Å². The Kier molecular flexibility index (Phi) is 6.28. The summed E-state index contributed by atoms with van der Waals surface area (Å²) in [5, 5.41) is 2.82. The van der Waals surface area contributed by atoms with Gasteiger partial charge >= 0.3 is 5.69 Å². The van der Waals surface area contributed by atoms with E-state index < -0.39 is 10.0 Å². The van der Waals surface area contributed by atoms with Crippen molar-refractivity contribution in [2.75, 3.05) is 22.9 Å². The maximum atomic E-state index is 13.0. The van der Waals surface area contributed by atoms with Crippen molar-refractivity contribution in [2.45, 2.75) is 9.79 Å². The minimum Gasteiger partial charge on any atom is -0.322 e. The summed E-state index contributed by atoms with van der Waals surface area (Å²) >= 11 is 1.54. The number of sulfonamides is 1. The van der Waals surface area contributed by atoms with E-state index >= 15 is 0 Å². The monoisotopic (exact) mass is 496 g/mol. The molecule has 0 unspecified atom stereocenters. The molecule has 0 radical (unpaired) electrons. The second-order valence-electron chi connectivity index (χ2n) is 7.75. The summed E-state index contributed by atoms with van der Waals surface area (Å²) in [6.45, 7) is 0. The number of hydrogen-bond acceptors (Lipinski definition) is 5. The van der Waals surface area contributed by atoms with Crippen molar-refractivity contribution in [3.8, 4) is 0 Å². The first kappa shape index (κ1) is 23.7. The predicted octanol–water partition coefficient (Wildman–Crippen LogP) is 3.68. The third-order valence-electron chi connectivity index (χ3n) is 5.74. The molecule has 0 saturated heterocycles. The van der Waals surface area contributed by atoms with E-state index in [1.165, 1.54) is 27.7 Å².